The molecule has 4 heteroatoms. The van der Waals surface area contributed by atoms with Gasteiger partial charge in [0.15, 0.2) is 0 Å². The molecule has 2 rings (SSSR count). The summed E-state index contributed by atoms with van der Waals surface area (Å²) >= 11 is 3.39. The number of halogens is 1. The van der Waals surface area contributed by atoms with E-state index in [4.69, 9.17) is 5.73 Å². The van der Waals surface area contributed by atoms with Crippen molar-refractivity contribution < 1.29 is 4.79 Å². The Morgan fingerprint density at radius 3 is 2.70 bits per heavy atom. The molecule has 0 radical (unpaired) electrons. The lowest BCUT2D eigenvalue weighted by atomic mass is 10.1. The number of nitrogens with two attached hydrogens (primary N) is 1. The fourth-order valence-electron chi connectivity index (χ4n) is 2.02. The number of rotatable bonds is 3. The fraction of sp³-hybridized carbons (Fsp3) is 0.188. The van der Waals surface area contributed by atoms with E-state index in [9.17, 15) is 4.79 Å². The van der Waals surface area contributed by atoms with Crippen LogP contribution in [0.15, 0.2) is 46.9 Å². The van der Waals surface area contributed by atoms with Crippen LogP contribution < -0.4 is 11.1 Å². The number of nitrogens with one attached hydrogen (secondary N) is 1. The van der Waals surface area contributed by atoms with Crippen LogP contribution in [0.5, 0.6) is 0 Å². The number of carbonyl (C=O) groups excluding carboxylic acids is 1. The summed E-state index contributed by atoms with van der Waals surface area (Å²) in [6.45, 7) is 3.87. The van der Waals surface area contributed by atoms with E-state index in [0.717, 1.165) is 15.6 Å². The summed E-state index contributed by atoms with van der Waals surface area (Å²) in [4.78, 5) is 12.3. The van der Waals surface area contributed by atoms with Crippen LogP contribution in [0.3, 0.4) is 0 Å². The molecule has 3 nitrogen and oxygen atoms in total. The van der Waals surface area contributed by atoms with Crippen molar-refractivity contribution in [2.75, 3.05) is 5.73 Å². The fourth-order valence-corrected chi connectivity index (χ4v) is 2.39. The predicted octanol–water partition coefficient (Wildman–Crippen LogP) is 3.83. The number of hydrogen-bond donors (Lipinski definition) is 2. The highest BCUT2D eigenvalue weighted by molar-refractivity contribution is 9.10. The number of aryl methyl sites for hydroxylation is 1. The first kappa shape index (κ1) is 14.6. The van der Waals surface area contributed by atoms with Crippen LogP contribution in [-0.4, -0.2) is 5.91 Å². The molecular formula is C16H17BrN2O. The van der Waals surface area contributed by atoms with Gasteiger partial charge in [-0.15, -0.1) is 0 Å². The van der Waals surface area contributed by atoms with E-state index < -0.39 is 0 Å². The second-order valence-electron chi connectivity index (χ2n) is 4.82. The minimum Gasteiger partial charge on any atom is -0.399 e. The number of amides is 1. The molecule has 0 bridgehead atoms. The van der Waals surface area contributed by atoms with Crippen LogP contribution in [0.2, 0.25) is 0 Å². The molecule has 0 aliphatic heterocycles. The Kier molecular flexibility index (Phi) is 4.45. The average molecular weight is 333 g/mol. The van der Waals surface area contributed by atoms with Crippen LogP contribution in [0.1, 0.15) is 34.5 Å². The normalized spacial score (nSPS) is 11.9. The van der Waals surface area contributed by atoms with E-state index in [1.165, 1.54) is 0 Å². The predicted molar refractivity (Wildman–Crippen MR) is 85.6 cm³/mol. The van der Waals surface area contributed by atoms with Gasteiger partial charge in [0.05, 0.1) is 6.04 Å². The first-order valence-corrected chi connectivity index (χ1v) is 7.19. The molecule has 104 valence electrons. The largest absolute Gasteiger partial charge is 0.399 e. The van der Waals surface area contributed by atoms with Crippen molar-refractivity contribution in [2.24, 2.45) is 0 Å². The van der Waals surface area contributed by atoms with Crippen molar-refractivity contribution in [1.82, 2.24) is 5.32 Å². The Balaban J connectivity index is 2.17. The molecule has 2 aromatic carbocycles. The molecule has 0 saturated heterocycles. The molecule has 2 aromatic rings. The summed E-state index contributed by atoms with van der Waals surface area (Å²) in [6.07, 6.45) is 0. The average Bonchev–Trinajstić information content (AvgIpc) is 2.41. The molecule has 1 unspecified atom stereocenters. The van der Waals surface area contributed by atoms with Gasteiger partial charge in [-0.1, -0.05) is 34.1 Å². The van der Waals surface area contributed by atoms with Crippen molar-refractivity contribution in [1.29, 1.82) is 0 Å². The molecule has 1 atom stereocenters. The van der Waals surface area contributed by atoms with E-state index in [1.54, 1.807) is 0 Å². The highest BCUT2D eigenvalue weighted by atomic mass is 79.9. The summed E-state index contributed by atoms with van der Waals surface area (Å²) in [5.74, 6) is -0.0845. The van der Waals surface area contributed by atoms with Crippen LogP contribution >= 0.6 is 15.9 Å². The molecule has 0 aliphatic rings. The maximum atomic E-state index is 12.3. The Labute approximate surface area is 127 Å². The van der Waals surface area contributed by atoms with Gasteiger partial charge in [-0.3, -0.25) is 4.79 Å². The monoisotopic (exact) mass is 332 g/mol. The molecule has 3 N–H and O–H groups in total. The van der Waals surface area contributed by atoms with Crippen molar-refractivity contribution in [2.45, 2.75) is 19.9 Å². The van der Waals surface area contributed by atoms with Gasteiger partial charge < -0.3 is 11.1 Å². The first-order valence-electron chi connectivity index (χ1n) is 6.40. The Hall–Kier alpha value is -1.81. The summed E-state index contributed by atoms with van der Waals surface area (Å²) < 4.78 is 0.893. The minimum absolute atomic E-state index is 0.0845. The van der Waals surface area contributed by atoms with E-state index in [1.807, 2.05) is 56.3 Å². The molecule has 0 aliphatic carbocycles. The number of carbonyl (C=O) groups is 1. The molecule has 0 heterocycles. The van der Waals surface area contributed by atoms with E-state index in [-0.39, 0.29) is 11.9 Å². The number of anilines is 1. The zero-order valence-electron chi connectivity index (χ0n) is 11.5. The topological polar surface area (TPSA) is 55.1 Å². The Bertz CT molecular complexity index is 640. The maximum absolute atomic E-state index is 12.3. The Morgan fingerprint density at radius 2 is 2.00 bits per heavy atom. The van der Waals surface area contributed by atoms with Crippen LogP contribution in [-0.2, 0) is 0 Å². The van der Waals surface area contributed by atoms with Gasteiger partial charge in [0.2, 0.25) is 0 Å². The standard InChI is InChI=1S/C16H17BrN2O/c1-10-6-7-13(17)9-15(10)16(20)19-11(2)12-4-3-5-14(18)8-12/h3-9,11H,18H2,1-2H3,(H,19,20). The van der Waals surface area contributed by atoms with E-state index >= 15 is 0 Å². The molecule has 0 aromatic heterocycles. The van der Waals surface area contributed by atoms with Crippen LogP contribution in [0.4, 0.5) is 5.69 Å². The van der Waals surface area contributed by atoms with E-state index in [0.29, 0.717) is 11.3 Å². The maximum Gasteiger partial charge on any atom is 0.252 e. The van der Waals surface area contributed by atoms with Gasteiger partial charge in [-0.25, -0.2) is 0 Å². The summed E-state index contributed by atoms with van der Waals surface area (Å²) in [5, 5.41) is 2.99. The number of hydrogen-bond acceptors (Lipinski definition) is 2. The third kappa shape index (κ3) is 3.39. The number of benzene rings is 2. The highest BCUT2D eigenvalue weighted by Gasteiger charge is 2.13. The molecule has 0 saturated carbocycles. The van der Waals surface area contributed by atoms with Crippen molar-refractivity contribution in [3.63, 3.8) is 0 Å². The lowest BCUT2D eigenvalue weighted by Gasteiger charge is -2.16. The van der Waals surface area contributed by atoms with Gasteiger partial charge in [0.25, 0.3) is 5.91 Å². The Morgan fingerprint density at radius 1 is 1.25 bits per heavy atom. The van der Waals surface area contributed by atoms with Crippen molar-refractivity contribution in [3.05, 3.63) is 63.6 Å². The zero-order chi connectivity index (χ0) is 14.7. The van der Waals surface area contributed by atoms with Gasteiger partial charge in [0, 0.05) is 15.7 Å². The quantitative estimate of drug-likeness (QED) is 0.839. The zero-order valence-corrected chi connectivity index (χ0v) is 13.1. The molecule has 0 fully saturated rings. The highest BCUT2D eigenvalue weighted by Crippen LogP contribution is 2.19. The third-order valence-electron chi connectivity index (χ3n) is 3.20. The lowest BCUT2D eigenvalue weighted by Crippen LogP contribution is -2.27. The molecular weight excluding hydrogens is 316 g/mol. The summed E-state index contributed by atoms with van der Waals surface area (Å²) in [7, 11) is 0. The second-order valence-corrected chi connectivity index (χ2v) is 5.74. The minimum atomic E-state index is -0.0932. The second kappa shape index (κ2) is 6.09. The smallest absolute Gasteiger partial charge is 0.252 e. The molecule has 20 heavy (non-hydrogen) atoms. The summed E-state index contributed by atoms with van der Waals surface area (Å²) in [5.41, 5.74) is 9.08. The lowest BCUT2D eigenvalue weighted by molar-refractivity contribution is 0.0939. The SMILES string of the molecule is Cc1ccc(Br)cc1C(=O)NC(C)c1cccc(N)c1. The van der Waals surface area contributed by atoms with Crippen LogP contribution in [0.25, 0.3) is 0 Å². The van der Waals surface area contributed by atoms with Crippen molar-refractivity contribution >= 4 is 27.5 Å². The van der Waals surface area contributed by atoms with Crippen LogP contribution in [0, 0.1) is 6.92 Å². The van der Waals surface area contributed by atoms with Gasteiger partial charge in [-0.2, -0.15) is 0 Å². The first-order chi connectivity index (χ1) is 9.47. The van der Waals surface area contributed by atoms with E-state index in [2.05, 4.69) is 21.2 Å². The third-order valence-corrected chi connectivity index (χ3v) is 3.70. The summed E-state index contributed by atoms with van der Waals surface area (Å²) in [6, 6.07) is 13.1. The van der Waals surface area contributed by atoms with Gasteiger partial charge in [0.1, 0.15) is 0 Å². The van der Waals surface area contributed by atoms with Crippen molar-refractivity contribution in [3.8, 4) is 0 Å². The van der Waals surface area contributed by atoms with Gasteiger partial charge >= 0.3 is 0 Å². The molecule has 1 amide bonds. The number of nitrogen functional groups attached to an aromatic ring is 1. The molecule has 0 spiro atoms. The van der Waals surface area contributed by atoms with Gasteiger partial charge in [-0.05, 0) is 49.2 Å².